The van der Waals surface area contributed by atoms with Crippen LogP contribution in [0.4, 0.5) is 0 Å². The van der Waals surface area contributed by atoms with E-state index in [4.69, 9.17) is 10.7 Å². The van der Waals surface area contributed by atoms with E-state index < -0.39 is 9.05 Å². The van der Waals surface area contributed by atoms with Gasteiger partial charge in [0.25, 0.3) is 14.2 Å². The summed E-state index contributed by atoms with van der Waals surface area (Å²) in [4.78, 5) is 0. The third-order valence-corrected chi connectivity index (χ3v) is 3.90. The lowest BCUT2D eigenvalue weighted by atomic mass is 10.0. The smallest absolute Gasteiger partial charge is 0.296 e. The SMILES string of the molecule is CCC(CC)c1nnc(S(=O)(=O)Cl)n1C(C)C. The normalized spacial score (nSPS) is 12.6. The van der Waals surface area contributed by atoms with Crippen LogP contribution in [-0.4, -0.2) is 23.2 Å². The Hall–Kier alpha value is -0.620. The van der Waals surface area contributed by atoms with Crippen molar-refractivity contribution in [3.63, 3.8) is 0 Å². The molecule has 1 rings (SSSR count). The molecule has 7 heteroatoms. The summed E-state index contributed by atoms with van der Waals surface area (Å²) < 4.78 is 24.4. The molecule has 0 atom stereocenters. The fourth-order valence-electron chi connectivity index (χ4n) is 1.87. The fraction of sp³-hybridized carbons (Fsp3) is 0.800. The molecule has 0 spiro atoms. The Kier molecular flexibility index (Phi) is 4.55. The Morgan fingerprint density at radius 1 is 1.24 bits per heavy atom. The van der Waals surface area contributed by atoms with Crippen molar-refractivity contribution in [1.29, 1.82) is 0 Å². The van der Waals surface area contributed by atoms with E-state index in [-0.39, 0.29) is 17.1 Å². The molecule has 0 N–H and O–H groups in total. The molecular weight excluding hydrogens is 262 g/mol. The first-order chi connectivity index (χ1) is 7.82. The van der Waals surface area contributed by atoms with Gasteiger partial charge in [0, 0.05) is 22.6 Å². The van der Waals surface area contributed by atoms with E-state index in [2.05, 4.69) is 10.2 Å². The zero-order valence-corrected chi connectivity index (χ0v) is 12.1. The minimum Gasteiger partial charge on any atom is -0.298 e. The second-order valence-electron chi connectivity index (χ2n) is 4.26. The summed E-state index contributed by atoms with van der Waals surface area (Å²) in [7, 11) is 1.52. The van der Waals surface area contributed by atoms with Gasteiger partial charge in [0.15, 0.2) is 0 Å². The third-order valence-electron chi connectivity index (χ3n) is 2.78. The van der Waals surface area contributed by atoms with Crippen LogP contribution in [0.2, 0.25) is 0 Å². The van der Waals surface area contributed by atoms with Crippen molar-refractivity contribution in [1.82, 2.24) is 14.8 Å². The molecule has 0 bridgehead atoms. The van der Waals surface area contributed by atoms with Gasteiger partial charge in [0.05, 0.1) is 0 Å². The second-order valence-corrected chi connectivity index (χ2v) is 6.72. The van der Waals surface area contributed by atoms with E-state index >= 15 is 0 Å². The van der Waals surface area contributed by atoms with Crippen LogP contribution in [0.15, 0.2) is 5.16 Å². The summed E-state index contributed by atoms with van der Waals surface area (Å²) in [6.07, 6.45) is 1.79. The summed E-state index contributed by atoms with van der Waals surface area (Å²) in [5, 5.41) is 7.56. The van der Waals surface area contributed by atoms with Crippen LogP contribution < -0.4 is 0 Å². The maximum absolute atomic E-state index is 11.4. The average molecular weight is 280 g/mol. The van der Waals surface area contributed by atoms with Crippen LogP contribution in [0.1, 0.15) is 58.3 Å². The molecule has 98 valence electrons. The average Bonchev–Trinajstić information content (AvgIpc) is 2.63. The molecular formula is C10H18ClN3O2S. The molecule has 0 aromatic carbocycles. The second kappa shape index (κ2) is 5.35. The van der Waals surface area contributed by atoms with Gasteiger partial charge >= 0.3 is 0 Å². The Morgan fingerprint density at radius 2 is 1.76 bits per heavy atom. The Balaban J connectivity index is 3.40. The molecule has 0 amide bonds. The number of hydrogen-bond donors (Lipinski definition) is 0. The molecule has 0 aliphatic heterocycles. The molecule has 0 saturated carbocycles. The van der Waals surface area contributed by atoms with Crippen molar-refractivity contribution >= 4 is 19.7 Å². The number of rotatable bonds is 5. The van der Waals surface area contributed by atoms with Crippen molar-refractivity contribution in [2.75, 3.05) is 0 Å². The van der Waals surface area contributed by atoms with E-state index in [9.17, 15) is 8.42 Å². The monoisotopic (exact) mass is 279 g/mol. The Morgan fingerprint density at radius 3 is 2.12 bits per heavy atom. The van der Waals surface area contributed by atoms with Crippen molar-refractivity contribution < 1.29 is 8.42 Å². The first-order valence-electron chi connectivity index (χ1n) is 5.72. The fourth-order valence-corrected chi connectivity index (χ4v) is 2.87. The highest BCUT2D eigenvalue weighted by molar-refractivity contribution is 8.13. The van der Waals surface area contributed by atoms with Gasteiger partial charge in [-0.3, -0.25) is 4.57 Å². The highest BCUT2D eigenvalue weighted by Crippen LogP contribution is 2.27. The van der Waals surface area contributed by atoms with Gasteiger partial charge in [-0.2, -0.15) is 0 Å². The summed E-state index contributed by atoms with van der Waals surface area (Å²) in [5.74, 6) is 0.904. The van der Waals surface area contributed by atoms with Gasteiger partial charge < -0.3 is 0 Å². The largest absolute Gasteiger partial charge is 0.298 e. The van der Waals surface area contributed by atoms with Gasteiger partial charge in [-0.25, -0.2) is 8.42 Å². The Bertz CT molecular complexity index is 478. The zero-order chi connectivity index (χ0) is 13.2. The van der Waals surface area contributed by atoms with E-state index in [1.165, 1.54) is 0 Å². The van der Waals surface area contributed by atoms with Crippen molar-refractivity contribution in [2.24, 2.45) is 0 Å². The molecule has 0 fully saturated rings. The first-order valence-corrected chi connectivity index (χ1v) is 8.03. The highest BCUT2D eigenvalue weighted by atomic mass is 35.7. The molecule has 0 saturated heterocycles. The third kappa shape index (κ3) is 2.98. The van der Waals surface area contributed by atoms with E-state index in [0.717, 1.165) is 12.8 Å². The van der Waals surface area contributed by atoms with Gasteiger partial charge in [-0.05, 0) is 26.7 Å². The maximum Gasteiger partial charge on any atom is 0.296 e. The molecule has 1 aromatic heterocycles. The van der Waals surface area contributed by atoms with E-state index in [0.29, 0.717) is 5.82 Å². The minimum atomic E-state index is -3.85. The molecule has 5 nitrogen and oxygen atoms in total. The number of aromatic nitrogens is 3. The quantitative estimate of drug-likeness (QED) is 0.777. The van der Waals surface area contributed by atoms with Crippen LogP contribution in [0.3, 0.4) is 0 Å². The molecule has 0 aliphatic rings. The molecule has 17 heavy (non-hydrogen) atoms. The maximum atomic E-state index is 11.4. The van der Waals surface area contributed by atoms with Crippen LogP contribution in [0, 0.1) is 0 Å². The summed E-state index contributed by atoms with van der Waals surface area (Å²) in [6, 6.07) is -0.0378. The van der Waals surface area contributed by atoms with E-state index in [1.54, 1.807) is 4.57 Å². The van der Waals surface area contributed by atoms with Gasteiger partial charge in [-0.1, -0.05) is 13.8 Å². The van der Waals surface area contributed by atoms with Crippen molar-refractivity contribution in [2.45, 2.75) is 57.7 Å². The van der Waals surface area contributed by atoms with Gasteiger partial charge in [0.1, 0.15) is 5.82 Å². The van der Waals surface area contributed by atoms with Crippen LogP contribution in [-0.2, 0) is 9.05 Å². The summed E-state index contributed by atoms with van der Waals surface area (Å²) in [6.45, 7) is 7.87. The standard InChI is InChI=1S/C10H18ClN3O2S/c1-5-8(6-2)9-12-13-10(17(11,15)16)14(9)7(3)4/h7-8H,5-6H2,1-4H3. The predicted molar refractivity (Wildman–Crippen MR) is 66.8 cm³/mol. The molecule has 1 heterocycles. The highest BCUT2D eigenvalue weighted by Gasteiger charge is 2.26. The minimum absolute atomic E-state index is 0.0378. The van der Waals surface area contributed by atoms with E-state index in [1.807, 2.05) is 27.7 Å². The van der Waals surface area contributed by atoms with Crippen molar-refractivity contribution in [3.05, 3.63) is 5.82 Å². The topological polar surface area (TPSA) is 64.8 Å². The predicted octanol–water partition coefficient (Wildman–Crippen LogP) is 2.69. The lowest BCUT2D eigenvalue weighted by Gasteiger charge is -2.17. The van der Waals surface area contributed by atoms with Gasteiger partial charge in [-0.15, -0.1) is 10.2 Å². The lowest BCUT2D eigenvalue weighted by molar-refractivity contribution is 0.474. The zero-order valence-electron chi connectivity index (χ0n) is 10.5. The Labute approximate surface area is 107 Å². The van der Waals surface area contributed by atoms with Gasteiger partial charge in [0.2, 0.25) is 0 Å². The van der Waals surface area contributed by atoms with Crippen LogP contribution in [0.5, 0.6) is 0 Å². The molecule has 0 radical (unpaired) electrons. The summed E-state index contributed by atoms with van der Waals surface area (Å²) in [5.41, 5.74) is 0. The number of nitrogens with zero attached hydrogens (tertiary/aromatic N) is 3. The number of halogens is 1. The number of hydrogen-bond acceptors (Lipinski definition) is 4. The van der Waals surface area contributed by atoms with Crippen LogP contribution >= 0.6 is 10.7 Å². The molecule has 1 aromatic rings. The van der Waals surface area contributed by atoms with Crippen LogP contribution in [0.25, 0.3) is 0 Å². The summed E-state index contributed by atoms with van der Waals surface area (Å²) >= 11 is 0. The first kappa shape index (κ1) is 14.4. The lowest BCUT2D eigenvalue weighted by Crippen LogP contribution is -2.14. The molecule has 0 unspecified atom stereocenters. The van der Waals surface area contributed by atoms with Crippen molar-refractivity contribution in [3.8, 4) is 0 Å². The molecule has 0 aliphatic carbocycles.